The number of guanidine groups is 1. The number of amides is 2. The fraction of sp³-hybridized carbons (Fsp3) is 0.410. The number of Topliss-reactive ketones (excluding diaryl/α,β-unsaturated/α-hetero) is 2. The highest BCUT2D eigenvalue weighted by Crippen LogP contribution is 2.26. The van der Waals surface area contributed by atoms with Crippen LogP contribution < -0.4 is 34.0 Å². The summed E-state index contributed by atoms with van der Waals surface area (Å²) in [6, 6.07) is 19.0. The molecule has 0 saturated heterocycles. The van der Waals surface area contributed by atoms with E-state index < -0.39 is 35.7 Å². The van der Waals surface area contributed by atoms with Gasteiger partial charge in [-0.15, -0.1) is 0 Å². The van der Waals surface area contributed by atoms with Crippen LogP contribution in [0.2, 0.25) is 0 Å². The number of phenols is 1. The smallest absolute Gasteiger partial charge is 0.224 e. The molecule has 0 bridgehead atoms. The number of aryl methyl sites for hydroxylation is 2. The van der Waals surface area contributed by atoms with Gasteiger partial charge in [-0.05, 0) is 104 Å². The highest BCUT2D eigenvalue weighted by molar-refractivity contribution is 5.94. The molecule has 12 heteroatoms. The summed E-state index contributed by atoms with van der Waals surface area (Å²) in [5.74, 6) is -3.39. The summed E-state index contributed by atoms with van der Waals surface area (Å²) in [4.78, 5) is 57.6. The SMILES string of the molecule is Cc1cc(O)cc(C)c1C[C@H](CC(=O)[C@H](N)CCCN=C(N)N)C(=O)N[C@@H](CCCN)C(=O)C[C@@H](Cc1ccc(-c2ccccc2)cc1)C(N)=O. The Morgan fingerprint density at radius 1 is 0.784 bits per heavy atom. The molecule has 12 nitrogen and oxygen atoms in total. The van der Waals surface area contributed by atoms with Gasteiger partial charge in [0, 0.05) is 31.2 Å². The summed E-state index contributed by atoms with van der Waals surface area (Å²) in [6.07, 6.45) is 1.58. The average Bonchev–Trinajstić information content (AvgIpc) is 3.09. The molecule has 0 heterocycles. The maximum atomic E-state index is 14.0. The lowest BCUT2D eigenvalue weighted by molar-refractivity contribution is -0.133. The lowest BCUT2D eigenvalue weighted by Gasteiger charge is -2.25. The number of carbonyl (C=O) groups is 4. The van der Waals surface area contributed by atoms with Crippen LogP contribution in [-0.2, 0) is 32.0 Å². The van der Waals surface area contributed by atoms with Gasteiger partial charge in [-0.2, -0.15) is 0 Å². The molecule has 0 fully saturated rings. The van der Waals surface area contributed by atoms with Crippen molar-refractivity contribution in [2.75, 3.05) is 13.1 Å². The van der Waals surface area contributed by atoms with Crippen LogP contribution in [0.15, 0.2) is 71.7 Å². The van der Waals surface area contributed by atoms with Gasteiger partial charge in [0.1, 0.15) is 11.5 Å². The van der Waals surface area contributed by atoms with Crippen molar-refractivity contribution in [3.63, 3.8) is 0 Å². The Bertz CT molecular complexity index is 1630. The van der Waals surface area contributed by atoms with Gasteiger partial charge in [-0.3, -0.25) is 24.2 Å². The summed E-state index contributed by atoms with van der Waals surface area (Å²) in [5, 5.41) is 13.0. The maximum absolute atomic E-state index is 14.0. The molecule has 274 valence electrons. The van der Waals surface area contributed by atoms with Gasteiger partial charge in [0.05, 0.1) is 12.1 Å². The molecule has 0 aromatic heterocycles. The number of benzene rings is 3. The van der Waals surface area contributed by atoms with E-state index in [1.165, 1.54) is 0 Å². The van der Waals surface area contributed by atoms with Crippen LogP contribution >= 0.6 is 0 Å². The number of aliphatic imine (C=N–C) groups is 1. The standard InChI is InChI=1S/C39H53N7O5/c1-24-18-31(47)19-25(2)32(24)21-30(23-35(48)33(41)10-7-17-45-39(43)44)38(51)46-34(11-6-16-40)36(49)22-29(37(42)50)20-26-12-14-28(15-13-26)27-8-4-3-5-9-27/h3-5,8-9,12-15,18-19,29-30,33-34,47H,6-7,10-11,16-17,20-23,40-41H2,1-2H3,(H2,42,50)(H,46,51)(H4,43,44,45)/t29-,30-,33-,34+/m1/s1. The molecule has 3 aromatic rings. The Balaban J connectivity index is 1.79. The number of nitrogens with zero attached hydrogens (tertiary/aromatic N) is 1. The predicted molar refractivity (Wildman–Crippen MR) is 200 cm³/mol. The zero-order valence-corrected chi connectivity index (χ0v) is 29.6. The van der Waals surface area contributed by atoms with E-state index in [1.807, 2.05) is 68.4 Å². The normalized spacial score (nSPS) is 13.4. The molecular formula is C39H53N7O5. The van der Waals surface area contributed by atoms with E-state index in [-0.39, 0.29) is 61.9 Å². The minimum absolute atomic E-state index is 0.0513. The molecule has 4 atom stereocenters. The van der Waals surface area contributed by atoms with Crippen LogP contribution in [0.3, 0.4) is 0 Å². The zero-order chi connectivity index (χ0) is 37.5. The number of nitrogens with two attached hydrogens (primary N) is 5. The number of ketones is 2. The van der Waals surface area contributed by atoms with Crippen LogP contribution in [-0.4, -0.2) is 59.6 Å². The highest BCUT2D eigenvalue weighted by Gasteiger charge is 2.31. The largest absolute Gasteiger partial charge is 0.508 e. The van der Waals surface area contributed by atoms with Crippen molar-refractivity contribution in [1.82, 2.24) is 5.32 Å². The van der Waals surface area contributed by atoms with Crippen molar-refractivity contribution in [3.8, 4) is 16.9 Å². The summed E-state index contributed by atoms with van der Waals surface area (Å²) in [6.45, 7) is 4.24. The number of nitrogens with one attached hydrogen (secondary N) is 1. The maximum Gasteiger partial charge on any atom is 0.224 e. The van der Waals surface area contributed by atoms with Crippen LogP contribution in [0.4, 0.5) is 0 Å². The van der Waals surface area contributed by atoms with E-state index in [0.717, 1.165) is 33.4 Å². The van der Waals surface area contributed by atoms with Gasteiger partial charge in [0.25, 0.3) is 0 Å². The number of carbonyl (C=O) groups excluding carboxylic acids is 4. The number of aromatic hydroxyl groups is 1. The van der Waals surface area contributed by atoms with Gasteiger partial charge in [0.15, 0.2) is 11.7 Å². The van der Waals surface area contributed by atoms with Crippen molar-refractivity contribution < 1.29 is 24.3 Å². The summed E-state index contributed by atoms with van der Waals surface area (Å²) < 4.78 is 0. The molecular weight excluding hydrogens is 646 g/mol. The van der Waals surface area contributed by atoms with Crippen LogP contribution in [0, 0.1) is 25.7 Å². The molecule has 3 rings (SSSR count). The summed E-state index contributed by atoms with van der Waals surface area (Å²) >= 11 is 0. The van der Waals surface area contributed by atoms with E-state index >= 15 is 0 Å². The fourth-order valence-electron chi connectivity index (χ4n) is 6.20. The lowest BCUT2D eigenvalue weighted by Crippen LogP contribution is -2.46. The number of hydrogen-bond donors (Lipinski definition) is 7. The first-order chi connectivity index (χ1) is 24.3. The minimum atomic E-state index is -0.948. The predicted octanol–water partition coefficient (Wildman–Crippen LogP) is 2.70. The van der Waals surface area contributed by atoms with E-state index in [4.69, 9.17) is 28.7 Å². The van der Waals surface area contributed by atoms with Gasteiger partial charge in [-0.25, -0.2) is 0 Å². The van der Waals surface area contributed by atoms with E-state index in [2.05, 4.69) is 10.3 Å². The Morgan fingerprint density at radius 3 is 1.98 bits per heavy atom. The molecule has 3 aromatic carbocycles. The van der Waals surface area contributed by atoms with Crippen molar-refractivity contribution in [1.29, 1.82) is 0 Å². The fourth-order valence-corrected chi connectivity index (χ4v) is 6.20. The highest BCUT2D eigenvalue weighted by atomic mass is 16.3. The minimum Gasteiger partial charge on any atom is -0.508 e. The first-order valence-corrected chi connectivity index (χ1v) is 17.4. The van der Waals surface area contributed by atoms with Crippen molar-refractivity contribution in [2.45, 2.75) is 77.3 Å². The Labute approximate surface area is 300 Å². The van der Waals surface area contributed by atoms with Gasteiger partial charge >= 0.3 is 0 Å². The van der Waals surface area contributed by atoms with Crippen LogP contribution in [0.1, 0.15) is 60.8 Å². The van der Waals surface area contributed by atoms with E-state index in [1.54, 1.807) is 12.1 Å². The number of hydrogen-bond acceptors (Lipinski definition) is 8. The zero-order valence-electron chi connectivity index (χ0n) is 29.6. The van der Waals surface area contributed by atoms with Crippen molar-refractivity contribution in [2.24, 2.45) is 45.5 Å². The molecule has 0 aliphatic carbocycles. The van der Waals surface area contributed by atoms with Gasteiger partial charge in [0.2, 0.25) is 11.8 Å². The molecule has 0 aliphatic heterocycles. The monoisotopic (exact) mass is 699 g/mol. The first kappa shape index (κ1) is 40.4. The molecule has 12 N–H and O–H groups in total. The number of phenolic OH excluding ortho intramolecular Hbond substituents is 1. The number of primary amides is 1. The third kappa shape index (κ3) is 13.0. The molecule has 51 heavy (non-hydrogen) atoms. The van der Waals surface area contributed by atoms with Crippen LogP contribution in [0.25, 0.3) is 11.1 Å². The quantitative estimate of drug-likeness (QED) is 0.0490. The van der Waals surface area contributed by atoms with Crippen molar-refractivity contribution >= 4 is 29.3 Å². The van der Waals surface area contributed by atoms with Crippen molar-refractivity contribution in [3.05, 3.63) is 89.0 Å². The first-order valence-electron chi connectivity index (χ1n) is 17.4. The van der Waals surface area contributed by atoms with E-state index in [9.17, 15) is 24.3 Å². The molecule has 2 amide bonds. The molecule has 0 radical (unpaired) electrons. The third-order valence-electron chi connectivity index (χ3n) is 9.13. The molecule has 0 aliphatic rings. The molecule has 0 spiro atoms. The average molecular weight is 700 g/mol. The van der Waals surface area contributed by atoms with Gasteiger partial charge in [-0.1, -0.05) is 54.6 Å². The van der Waals surface area contributed by atoms with Crippen LogP contribution in [0.5, 0.6) is 5.75 Å². The Hall–Kier alpha value is -5.07. The third-order valence-corrected chi connectivity index (χ3v) is 9.13. The Kier molecular flexibility index (Phi) is 15.8. The van der Waals surface area contributed by atoms with Gasteiger partial charge < -0.3 is 39.1 Å². The Morgan fingerprint density at radius 2 is 1.39 bits per heavy atom. The topological polar surface area (TPSA) is 243 Å². The second kappa shape index (κ2) is 19.9. The second-order valence-corrected chi connectivity index (χ2v) is 13.2. The molecule has 0 unspecified atom stereocenters. The summed E-state index contributed by atoms with van der Waals surface area (Å²) in [5.41, 5.74) is 33.8. The number of rotatable bonds is 21. The second-order valence-electron chi connectivity index (χ2n) is 13.2. The molecule has 0 saturated carbocycles. The summed E-state index contributed by atoms with van der Waals surface area (Å²) in [7, 11) is 0. The lowest BCUT2D eigenvalue weighted by atomic mass is 9.86. The van der Waals surface area contributed by atoms with E-state index in [0.29, 0.717) is 25.8 Å².